The summed E-state index contributed by atoms with van der Waals surface area (Å²) in [7, 11) is 0. The number of nitrogens with one attached hydrogen (secondary N) is 1. The van der Waals surface area contributed by atoms with Crippen LogP contribution in [0.25, 0.3) is 27.7 Å². The normalized spacial score (nSPS) is 11.5. The molecule has 9 heteroatoms. The van der Waals surface area contributed by atoms with Crippen molar-refractivity contribution >= 4 is 45.2 Å². The predicted octanol–water partition coefficient (Wildman–Crippen LogP) is 2.76. The Balaban J connectivity index is 1.34. The van der Waals surface area contributed by atoms with Gasteiger partial charge in [-0.25, -0.2) is 9.97 Å². The molecule has 0 fully saturated rings. The second-order valence-corrected chi connectivity index (χ2v) is 7.01. The first-order valence-electron chi connectivity index (χ1n) is 8.85. The van der Waals surface area contributed by atoms with Gasteiger partial charge in [-0.2, -0.15) is 0 Å². The Labute approximate surface area is 168 Å². The van der Waals surface area contributed by atoms with Crippen LogP contribution in [0.15, 0.2) is 64.3 Å². The summed E-state index contributed by atoms with van der Waals surface area (Å²) in [6.07, 6.45) is 4.89. The molecule has 4 heterocycles. The van der Waals surface area contributed by atoms with Crippen molar-refractivity contribution in [3.8, 4) is 0 Å². The lowest BCUT2D eigenvalue weighted by molar-refractivity contribution is -0.121. The van der Waals surface area contributed by atoms with Gasteiger partial charge in [-0.15, -0.1) is 0 Å². The number of rotatable bonds is 4. The number of hydrogen-bond acceptors (Lipinski definition) is 5. The van der Waals surface area contributed by atoms with E-state index in [0.717, 1.165) is 11.0 Å². The highest BCUT2D eigenvalue weighted by atomic mass is 35.5. The summed E-state index contributed by atoms with van der Waals surface area (Å²) in [4.78, 5) is 33.7. The summed E-state index contributed by atoms with van der Waals surface area (Å²) in [5, 5.41) is 4.12. The van der Waals surface area contributed by atoms with Gasteiger partial charge in [0.15, 0.2) is 0 Å². The number of carbonyl (C=O) groups excluding carboxylic acids is 1. The molecule has 5 rings (SSSR count). The molecule has 4 aromatic heterocycles. The molecule has 8 nitrogen and oxygen atoms in total. The van der Waals surface area contributed by atoms with Crippen LogP contribution in [-0.2, 0) is 17.9 Å². The van der Waals surface area contributed by atoms with Crippen molar-refractivity contribution in [2.75, 3.05) is 0 Å². The molecule has 0 saturated carbocycles. The Morgan fingerprint density at radius 2 is 2.03 bits per heavy atom. The molecule has 5 aromatic rings. The summed E-state index contributed by atoms with van der Waals surface area (Å²) in [5.74, 6) is -0.334. The molecule has 1 amide bonds. The fourth-order valence-corrected chi connectivity index (χ4v) is 3.40. The maximum atomic E-state index is 12.7. The van der Waals surface area contributed by atoms with Crippen LogP contribution >= 0.6 is 11.6 Å². The van der Waals surface area contributed by atoms with Crippen LogP contribution in [0.2, 0.25) is 5.02 Å². The molecule has 1 N–H and O–H groups in total. The number of para-hydroxylation sites is 1. The third kappa shape index (κ3) is 3.13. The van der Waals surface area contributed by atoms with Gasteiger partial charge in [0, 0.05) is 17.8 Å². The van der Waals surface area contributed by atoms with Crippen LogP contribution in [0, 0.1) is 0 Å². The first kappa shape index (κ1) is 17.4. The van der Waals surface area contributed by atoms with E-state index < -0.39 is 5.56 Å². The van der Waals surface area contributed by atoms with E-state index in [-0.39, 0.29) is 24.6 Å². The predicted molar refractivity (Wildman–Crippen MR) is 108 cm³/mol. The Morgan fingerprint density at radius 3 is 2.93 bits per heavy atom. The highest BCUT2D eigenvalue weighted by molar-refractivity contribution is 6.30. The second kappa shape index (κ2) is 6.75. The third-order valence-corrected chi connectivity index (χ3v) is 4.82. The minimum absolute atomic E-state index is 0.138. The van der Waals surface area contributed by atoms with Crippen molar-refractivity contribution in [3.05, 3.63) is 76.2 Å². The molecule has 0 bridgehead atoms. The van der Waals surface area contributed by atoms with Crippen molar-refractivity contribution in [1.29, 1.82) is 0 Å². The van der Waals surface area contributed by atoms with Crippen molar-refractivity contribution < 1.29 is 9.21 Å². The lowest BCUT2D eigenvalue weighted by atomic mass is 10.2. The van der Waals surface area contributed by atoms with E-state index in [1.54, 1.807) is 35.0 Å². The van der Waals surface area contributed by atoms with E-state index in [1.807, 2.05) is 18.2 Å². The number of carbonyl (C=O) groups is 1. The van der Waals surface area contributed by atoms with Gasteiger partial charge in [-0.3, -0.25) is 14.2 Å². The molecule has 0 radical (unpaired) electrons. The largest absolute Gasteiger partial charge is 0.448 e. The topological polar surface area (TPSA) is 94.4 Å². The minimum atomic E-state index is -0.399. The summed E-state index contributed by atoms with van der Waals surface area (Å²) < 4.78 is 8.64. The summed E-state index contributed by atoms with van der Waals surface area (Å²) in [5.41, 5.74) is 2.22. The molecular formula is C20H14ClN5O3. The molecule has 0 aliphatic heterocycles. The lowest BCUT2D eigenvalue weighted by Crippen LogP contribution is -2.32. The number of hydrogen-bond donors (Lipinski definition) is 1. The summed E-state index contributed by atoms with van der Waals surface area (Å²) in [6, 6.07) is 10.8. The molecule has 1 aromatic carbocycles. The van der Waals surface area contributed by atoms with E-state index >= 15 is 0 Å². The number of amides is 1. The Bertz CT molecular complexity index is 1450. The van der Waals surface area contributed by atoms with Gasteiger partial charge in [-0.1, -0.05) is 23.7 Å². The number of benzene rings is 1. The average Bonchev–Trinajstić information content (AvgIpc) is 3.29. The number of furan rings is 1. The van der Waals surface area contributed by atoms with E-state index in [9.17, 15) is 9.59 Å². The molecule has 0 atom stereocenters. The van der Waals surface area contributed by atoms with Gasteiger partial charge in [0.1, 0.15) is 23.3 Å². The van der Waals surface area contributed by atoms with Gasteiger partial charge in [0.05, 0.1) is 23.6 Å². The maximum absolute atomic E-state index is 12.7. The van der Waals surface area contributed by atoms with Crippen molar-refractivity contribution in [1.82, 2.24) is 24.3 Å². The minimum Gasteiger partial charge on any atom is -0.448 e. The van der Waals surface area contributed by atoms with E-state index in [2.05, 4.69) is 15.3 Å². The van der Waals surface area contributed by atoms with Crippen molar-refractivity contribution in [3.63, 3.8) is 0 Å². The average molecular weight is 408 g/mol. The molecule has 0 aliphatic rings. The monoisotopic (exact) mass is 407 g/mol. The van der Waals surface area contributed by atoms with E-state index in [0.29, 0.717) is 21.8 Å². The molecule has 144 valence electrons. The summed E-state index contributed by atoms with van der Waals surface area (Å²) >= 11 is 5.96. The van der Waals surface area contributed by atoms with Crippen LogP contribution < -0.4 is 10.9 Å². The molecule has 0 unspecified atom stereocenters. The molecule has 29 heavy (non-hydrogen) atoms. The summed E-state index contributed by atoms with van der Waals surface area (Å²) in [6.45, 7) is 0.0607. The van der Waals surface area contributed by atoms with Crippen LogP contribution in [0.1, 0.15) is 5.69 Å². The van der Waals surface area contributed by atoms with Gasteiger partial charge in [-0.05, 0) is 24.3 Å². The fourth-order valence-electron chi connectivity index (χ4n) is 3.23. The quantitative estimate of drug-likeness (QED) is 0.494. The molecular weight excluding hydrogens is 394 g/mol. The van der Waals surface area contributed by atoms with Crippen LogP contribution in [-0.4, -0.2) is 24.8 Å². The molecule has 0 saturated heterocycles. The Hall–Kier alpha value is -3.65. The highest BCUT2D eigenvalue weighted by Gasteiger charge is 2.14. The van der Waals surface area contributed by atoms with Gasteiger partial charge in [0.25, 0.3) is 5.56 Å². The smallest absolute Gasteiger partial charge is 0.297 e. The highest BCUT2D eigenvalue weighted by Crippen LogP contribution is 2.23. The van der Waals surface area contributed by atoms with E-state index in [4.69, 9.17) is 16.0 Å². The number of pyridine rings is 1. The lowest BCUT2D eigenvalue weighted by Gasteiger charge is -2.05. The van der Waals surface area contributed by atoms with E-state index in [1.165, 1.54) is 10.9 Å². The first-order valence-corrected chi connectivity index (χ1v) is 9.23. The van der Waals surface area contributed by atoms with Crippen molar-refractivity contribution in [2.24, 2.45) is 0 Å². The SMILES string of the molecule is O=C(Cn1cnc2c(oc3ccccc32)c1=O)NCc1cn2cc(Cl)ccc2n1. The second-order valence-electron chi connectivity index (χ2n) is 6.58. The number of nitrogens with zero attached hydrogens (tertiary/aromatic N) is 4. The number of imidazole rings is 1. The number of fused-ring (bicyclic) bond motifs is 4. The van der Waals surface area contributed by atoms with Crippen LogP contribution in [0.3, 0.4) is 0 Å². The standard InChI is InChI=1S/C20H14ClN5O3/c21-12-5-6-16-24-13(9-25(16)8-12)7-22-17(27)10-26-11-23-18-14-3-1-2-4-15(14)29-19(18)20(26)28/h1-6,8-9,11H,7,10H2,(H,22,27). The molecule has 0 aliphatic carbocycles. The molecule has 0 spiro atoms. The zero-order chi connectivity index (χ0) is 20.0. The van der Waals surface area contributed by atoms with Crippen LogP contribution in [0.5, 0.6) is 0 Å². The van der Waals surface area contributed by atoms with Gasteiger partial charge in [0.2, 0.25) is 11.5 Å². The maximum Gasteiger partial charge on any atom is 0.297 e. The van der Waals surface area contributed by atoms with Crippen LogP contribution in [0.4, 0.5) is 0 Å². The van der Waals surface area contributed by atoms with Gasteiger partial charge >= 0.3 is 0 Å². The Kier molecular flexibility index (Phi) is 4.06. The zero-order valence-corrected chi connectivity index (χ0v) is 15.8. The number of halogens is 1. The Morgan fingerprint density at radius 1 is 1.17 bits per heavy atom. The third-order valence-electron chi connectivity index (χ3n) is 4.60. The number of aromatic nitrogens is 4. The first-order chi connectivity index (χ1) is 14.1. The zero-order valence-electron chi connectivity index (χ0n) is 15.0. The van der Waals surface area contributed by atoms with Crippen molar-refractivity contribution in [2.45, 2.75) is 13.1 Å². The van der Waals surface area contributed by atoms with Gasteiger partial charge < -0.3 is 14.1 Å². The fraction of sp³-hybridized carbons (Fsp3) is 0.100.